The molecule has 0 unspecified atom stereocenters. The quantitative estimate of drug-likeness (QED) is 0.676. The van der Waals surface area contributed by atoms with Crippen LogP contribution in [0.2, 0.25) is 10.0 Å². The van der Waals surface area contributed by atoms with Crippen molar-refractivity contribution in [2.45, 2.75) is 17.7 Å². The number of halogens is 5. The molecule has 1 fully saturated rings. The molecule has 1 aliphatic rings. The molecule has 1 heterocycles. The van der Waals surface area contributed by atoms with E-state index in [0.717, 1.165) is 10.4 Å². The third-order valence-electron chi connectivity index (χ3n) is 4.56. The lowest BCUT2D eigenvalue weighted by molar-refractivity contribution is -0.120. The van der Waals surface area contributed by atoms with Crippen LogP contribution in [0.5, 0.6) is 0 Å². The van der Waals surface area contributed by atoms with Gasteiger partial charge in [0.05, 0.1) is 16.6 Å². The summed E-state index contributed by atoms with van der Waals surface area (Å²) in [5, 5.41) is 2.37. The van der Waals surface area contributed by atoms with Crippen molar-refractivity contribution in [3.8, 4) is 0 Å². The zero-order valence-corrected chi connectivity index (χ0v) is 17.1. The molecular weight excluding hydrogens is 452 g/mol. The van der Waals surface area contributed by atoms with Crippen LogP contribution < -0.4 is 5.32 Å². The molecule has 0 saturated carbocycles. The maximum absolute atomic E-state index is 13.8. The van der Waals surface area contributed by atoms with E-state index in [1.54, 1.807) is 0 Å². The van der Waals surface area contributed by atoms with Crippen LogP contribution in [-0.2, 0) is 14.8 Å². The monoisotopic (exact) mass is 466 g/mol. The van der Waals surface area contributed by atoms with E-state index in [1.165, 1.54) is 18.2 Å². The molecule has 156 valence electrons. The highest BCUT2D eigenvalue weighted by atomic mass is 35.5. The van der Waals surface area contributed by atoms with E-state index in [1.807, 2.05) is 0 Å². The lowest BCUT2D eigenvalue weighted by atomic mass is 9.98. The largest absolute Gasteiger partial charge is 0.323 e. The van der Waals surface area contributed by atoms with Crippen LogP contribution in [0.4, 0.5) is 18.9 Å². The maximum Gasteiger partial charge on any atom is 0.244 e. The number of benzene rings is 2. The van der Waals surface area contributed by atoms with E-state index in [4.69, 9.17) is 23.2 Å². The smallest absolute Gasteiger partial charge is 0.244 e. The molecular formula is C18H15Cl2F3N2O3S. The Morgan fingerprint density at radius 2 is 1.83 bits per heavy atom. The van der Waals surface area contributed by atoms with Crippen molar-refractivity contribution in [3.63, 3.8) is 0 Å². The normalized spacial score (nSPS) is 17.9. The van der Waals surface area contributed by atoms with Gasteiger partial charge in [0.1, 0.15) is 4.90 Å². The number of amides is 1. The first kappa shape index (κ1) is 21.9. The fourth-order valence-corrected chi connectivity index (χ4v) is 5.31. The van der Waals surface area contributed by atoms with Gasteiger partial charge in [-0.15, -0.1) is 0 Å². The van der Waals surface area contributed by atoms with Crippen molar-refractivity contribution in [2.75, 3.05) is 18.4 Å². The molecule has 1 aliphatic heterocycles. The number of hydrogen-bond acceptors (Lipinski definition) is 3. The minimum Gasteiger partial charge on any atom is -0.323 e. The topological polar surface area (TPSA) is 66.5 Å². The minimum atomic E-state index is -4.02. The van der Waals surface area contributed by atoms with Gasteiger partial charge in [-0.05, 0) is 43.2 Å². The number of nitrogens with zero attached hydrogens (tertiary/aromatic N) is 1. The number of nitrogens with one attached hydrogen (secondary N) is 1. The van der Waals surface area contributed by atoms with Gasteiger partial charge in [-0.1, -0.05) is 23.2 Å². The zero-order valence-electron chi connectivity index (χ0n) is 14.8. The Kier molecular flexibility index (Phi) is 6.42. The second-order valence-corrected chi connectivity index (χ2v) is 9.24. The molecule has 0 radical (unpaired) electrons. The summed E-state index contributed by atoms with van der Waals surface area (Å²) in [6.07, 6.45) is 0.711. The first-order valence-corrected chi connectivity index (χ1v) is 10.7. The van der Waals surface area contributed by atoms with Crippen molar-refractivity contribution in [3.05, 3.63) is 57.8 Å². The van der Waals surface area contributed by atoms with Gasteiger partial charge in [0.15, 0.2) is 17.5 Å². The van der Waals surface area contributed by atoms with Gasteiger partial charge in [-0.2, -0.15) is 4.31 Å². The van der Waals surface area contributed by atoms with Gasteiger partial charge in [-0.3, -0.25) is 4.79 Å². The van der Waals surface area contributed by atoms with Gasteiger partial charge in [-0.25, -0.2) is 21.6 Å². The summed E-state index contributed by atoms with van der Waals surface area (Å²) in [5.74, 6) is -6.12. The molecule has 11 heteroatoms. The average Bonchev–Trinajstić information content (AvgIpc) is 2.70. The third kappa shape index (κ3) is 4.53. The second kappa shape index (κ2) is 8.51. The lowest BCUT2D eigenvalue weighted by Crippen LogP contribution is -2.43. The van der Waals surface area contributed by atoms with Crippen molar-refractivity contribution >= 4 is 44.8 Å². The summed E-state index contributed by atoms with van der Waals surface area (Å²) in [4.78, 5) is 12.3. The molecule has 0 aliphatic carbocycles. The Hall–Kier alpha value is -1.81. The fraction of sp³-hybridized carbons (Fsp3) is 0.278. The average molecular weight is 467 g/mol. The number of sulfonamides is 1. The first-order chi connectivity index (χ1) is 13.6. The van der Waals surface area contributed by atoms with Gasteiger partial charge in [0.2, 0.25) is 15.9 Å². The fourth-order valence-electron chi connectivity index (χ4n) is 3.05. The van der Waals surface area contributed by atoms with Gasteiger partial charge < -0.3 is 5.32 Å². The standard InChI is InChI=1S/C18H15Cl2F3N2O3S/c19-11-3-4-12(20)15(8-11)29(27,28)25-7-1-2-10(9-25)18(26)24-14-6-5-13(21)16(22)17(14)23/h3-6,8,10H,1-2,7,9H2,(H,24,26)/t10-/m0/s1. The number of carbonyl (C=O) groups is 1. The summed E-state index contributed by atoms with van der Waals surface area (Å²) >= 11 is 11.9. The summed E-state index contributed by atoms with van der Waals surface area (Å²) < 4.78 is 67.1. The Morgan fingerprint density at radius 3 is 2.55 bits per heavy atom. The van der Waals surface area contributed by atoms with Crippen molar-refractivity contribution in [1.82, 2.24) is 4.31 Å². The minimum absolute atomic E-state index is 0.00941. The van der Waals surface area contributed by atoms with Gasteiger partial charge in [0, 0.05) is 18.1 Å². The van der Waals surface area contributed by atoms with Crippen LogP contribution in [0.15, 0.2) is 35.2 Å². The summed E-state index contributed by atoms with van der Waals surface area (Å²) in [6, 6.07) is 5.61. The van der Waals surface area contributed by atoms with E-state index in [9.17, 15) is 26.4 Å². The SMILES string of the molecule is O=C(Nc1ccc(F)c(F)c1F)[C@H]1CCCN(S(=O)(=O)c2cc(Cl)ccc2Cl)C1. The molecule has 2 aromatic rings. The van der Waals surface area contributed by atoms with E-state index in [0.29, 0.717) is 18.9 Å². The predicted octanol–water partition coefficient (Wildman–Crippen LogP) is 4.45. The molecule has 2 aromatic carbocycles. The van der Waals surface area contributed by atoms with E-state index in [-0.39, 0.29) is 28.0 Å². The molecule has 5 nitrogen and oxygen atoms in total. The van der Waals surface area contributed by atoms with Crippen LogP contribution in [0, 0.1) is 23.4 Å². The summed E-state index contributed by atoms with van der Waals surface area (Å²) in [5.41, 5.74) is -0.522. The first-order valence-electron chi connectivity index (χ1n) is 8.51. The van der Waals surface area contributed by atoms with E-state index in [2.05, 4.69) is 5.32 Å². The maximum atomic E-state index is 13.8. The molecule has 0 bridgehead atoms. The molecule has 3 rings (SSSR count). The number of hydrogen-bond donors (Lipinski definition) is 1. The Balaban J connectivity index is 1.79. The zero-order chi connectivity index (χ0) is 21.3. The highest BCUT2D eigenvalue weighted by molar-refractivity contribution is 7.89. The van der Waals surface area contributed by atoms with Gasteiger partial charge in [0.25, 0.3) is 0 Å². The molecule has 0 spiro atoms. The molecule has 1 saturated heterocycles. The van der Waals surface area contributed by atoms with Crippen molar-refractivity contribution < 1.29 is 26.4 Å². The highest BCUT2D eigenvalue weighted by Gasteiger charge is 2.34. The molecule has 29 heavy (non-hydrogen) atoms. The lowest BCUT2D eigenvalue weighted by Gasteiger charge is -2.31. The summed E-state index contributed by atoms with van der Waals surface area (Å²) in [7, 11) is -4.02. The van der Waals surface area contributed by atoms with Crippen LogP contribution >= 0.6 is 23.2 Å². The van der Waals surface area contributed by atoms with E-state index >= 15 is 0 Å². The highest BCUT2D eigenvalue weighted by Crippen LogP contribution is 2.31. The summed E-state index contributed by atoms with van der Waals surface area (Å²) in [6.45, 7) is -0.0171. The van der Waals surface area contributed by atoms with E-state index < -0.39 is 45.0 Å². The van der Waals surface area contributed by atoms with Crippen LogP contribution in [-0.4, -0.2) is 31.7 Å². The molecule has 1 atom stereocenters. The number of piperidine rings is 1. The number of carbonyl (C=O) groups excluding carboxylic acids is 1. The van der Waals surface area contributed by atoms with Crippen molar-refractivity contribution in [2.24, 2.45) is 5.92 Å². The predicted molar refractivity (Wildman–Crippen MR) is 103 cm³/mol. The van der Waals surface area contributed by atoms with Crippen molar-refractivity contribution in [1.29, 1.82) is 0 Å². The second-order valence-electron chi connectivity index (χ2n) is 6.49. The van der Waals surface area contributed by atoms with Crippen LogP contribution in [0.3, 0.4) is 0 Å². The van der Waals surface area contributed by atoms with Gasteiger partial charge >= 0.3 is 0 Å². The Bertz CT molecular complexity index is 1070. The van der Waals surface area contributed by atoms with Crippen LogP contribution in [0.25, 0.3) is 0 Å². The molecule has 1 N–H and O–H groups in total. The number of anilines is 1. The Labute approximate surface area is 175 Å². The van der Waals surface area contributed by atoms with Crippen LogP contribution in [0.1, 0.15) is 12.8 Å². The number of rotatable bonds is 4. The molecule has 0 aromatic heterocycles. The third-order valence-corrected chi connectivity index (χ3v) is 7.14. The molecule has 1 amide bonds. The Morgan fingerprint density at radius 1 is 1.10 bits per heavy atom.